The smallest absolute Gasteiger partial charge is 1.00 e. The predicted molar refractivity (Wildman–Crippen MR) is 285 cm³/mol. The van der Waals surface area contributed by atoms with E-state index in [2.05, 4.69) is 75.5 Å². The molecule has 6 heterocycles. The van der Waals surface area contributed by atoms with Crippen LogP contribution in [0, 0.1) is 0 Å². The first-order chi connectivity index (χ1) is 38.8. The van der Waals surface area contributed by atoms with Crippen molar-refractivity contribution in [3.05, 3.63) is 141 Å². The van der Waals surface area contributed by atoms with E-state index in [1.807, 2.05) is 41.0 Å². The van der Waals surface area contributed by atoms with Crippen molar-refractivity contribution >= 4 is 111 Å². The van der Waals surface area contributed by atoms with Gasteiger partial charge in [-0.15, -0.1) is 35.1 Å². The van der Waals surface area contributed by atoms with Crippen molar-refractivity contribution < 1.29 is 151 Å². The van der Waals surface area contributed by atoms with Crippen LogP contribution in [0.2, 0.25) is 0 Å². The zero-order chi connectivity index (χ0) is 61.0. The molecule has 70 heavy (non-hydrogen) atoms. The largest absolute Gasteiger partial charge is 1.00 e. The van der Waals surface area contributed by atoms with Crippen LogP contribution < -0.4 is 144 Å². The second-order valence-corrected chi connectivity index (χ2v) is 16.7. The summed E-state index contributed by atoms with van der Waals surface area (Å²) in [6, 6.07) is 31.0. The maximum absolute atomic E-state index is 11.6. The summed E-state index contributed by atoms with van der Waals surface area (Å²) in [5.74, 6) is -0.278. The van der Waals surface area contributed by atoms with Crippen LogP contribution in [0.1, 0.15) is 48.9 Å². The second-order valence-electron chi connectivity index (χ2n) is 14.4. The van der Waals surface area contributed by atoms with Gasteiger partial charge in [0.25, 0.3) is 6.47 Å². The molecular formula is C51H58BrClK2N6O7S2. The number of hydrogen-bond acceptors (Lipinski definition) is 13. The van der Waals surface area contributed by atoms with Crippen molar-refractivity contribution in [1.29, 1.82) is 0 Å². The number of ether oxygens (including phenoxy) is 2. The van der Waals surface area contributed by atoms with Crippen LogP contribution in [0.4, 0.5) is 11.4 Å². The SMILES string of the molecule is Cl.O=CO[O-].[2H]C([2H])(Br)C([2H])([2H])C([2H])([2H])C([2H])([2H])Oc1ccc2ccc(=O)[nH]c2c1.[2H]C([2H])(Oc1ccc2ccc(=O)[nH]c2c1)C([2H])([2H])C([2H])([2H])C([2H])([2H])N1CCN(c2cccc3sccc23)CC1.[H-].[K+].[K+].c1cc(N2CCNCC2)c2ccsc2c1. The van der Waals surface area contributed by atoms with E-state index in [9.17, 15) is 9.59 Å². The summed E-state index contributed by atoms with van der Waals surface area (Å²) < 4.78 is 142. The number of carbonyl (C=O) groups is 1. The van der Waals surface area contributed by atoms with Gasteiger partial charge < -0.3 is 46.1 Å². The van der Waals surface area contributed by atoms with E-state index in [1.54, 1.807) is 29.5 Å². The number of nitrogens with zero attached hydrogens (tertiary/aromatic N) is 3. The molecule has 4 aromatic heterocycles. The summed E-state index contributed by atoms with van der Waals surface area (Å²) in [6.07, 6.45) is -13.3. The number of benzene rings is 4. The first-order valence-corrected chi connectivity index (χ1v) is 23.3. The number of nitrogens with one attached hydrogen (secondary N) is 3. The molecule has 2 saturated heterocycles. The summed E-state index contributed by atoms with van der Waals surface area (Å²) in [5.41, 5.74) is 2.32. The summed E-state index contributed by atoms with van der Waals surface area (Å²) in [5, 5.41) is 16.9. The number of thiophene rings is 2. The molecule has 0 radical (unpaired) electrons. The van der Waals surface area contributed by atoms with Crippen molar-refractivity contribution in [1.82, 2.24) is 20.2 Å². The van der Waals surface area contributed by atoms with Crippen LogP contribution in [-0.2, 0) is 9.68 Å². The molecule has 13 nitrogen and oxygen atoms in total. The van der Waals surface area contributed by atoms with E-state index in [0.717, 1.165) is 42.0 Å². The van der Waals surface area contributed by atoms with Crippen LogP contribution in [0.25, 0.3) is 42.0 Å². The van der Waals surface area contributed by atoms with Gasteiger partial charge in [0.2, 0.25) is 11.1 Å². The fraction of sp³-hybridized carbons (Fsp3) is 0.314. The molecule has 19 heteroatoms. The van der Waals surface area contributed by atoms with E-state index in [0.29, 0.717) is 34.9 Å². The third kappa shape index (κ3) is 18.3. The van der Waals surface area contributed by atoms with Gasteiger partial charge in [-0.25, -0.2) is 0 Å². The Morgan fingerprint density at radius 2 is 1.13 bits per heavy atom. The second kappa shape index (κ2) is 32.9. The molecule has 0 bridgehead atoms. The number of rotatable bonds is 14. The molecule has 0 spiro atoms. The van der Waals surface area contributed by atoms with Crippen LogP contribution >= 0.6 is 51.0 Å². The summed E-state index contributed by atoms with van der Waals surface area (Å²) >= 11 is 5.86. The number of hydrogen-bond donors (Lipinski definition) is 3. The van der Waals surface area contributed by atoms with Gasteiger partial charge in [-0.05, 0) is 126 Å². The Hall–Kier alpha value is -2.19. The monoisotopic (exact) mass is 1140 g/mol. The third-order valence-electron chi connectivity index (χ3n) is 10.3. The number of halogens is 2. The molecule has 0 aliphatic carbocycles. The van der Waals surface area contributed by atoms with Gasteiger partial charge in [0.1, 0.15) is 11.5 Å². The van der Waals surface area contributed by atoms with Crippen LogP contribution in [0.15, 0.2) is 130 Å². The Morgan fingerprint density at radius 1 is 0.657 bits per heavy atom. The summed E-state index contributed by atoms with van der Waals surface area (Å²) in [4.78, 5) is 45.1. The van der Waals surface area contributed by atoms with Crippen molar-refractivity contribution in [2.45, 2.75) is 25.5 Å². The number of pyridine rings is 2. The van der Waals surface area contributed by atoms with E-state index in [-0.39, 0.29) is 159 Å². The maximum atomic E-state index is 11.6. The Morgan fingerprint density at radius 3 is 1.61 bits per heavy atom. The molecule has 0 saturated carbocycles. The Bertz CT molecular complexity index is 3670. The van der Waals surface area contributed by atoms with Crippen LogP contribution in [0.5, 0.6) is 11.5 Å². The zero-order valence-corrected chi connectivity index (χ0v) is 48.4. The topological polar surface area (TPSA) is 155 Å². The molecule has 2 aliphatic heterocycles. The number of aromatic nitrogens is 2. The molecule has 0 amide bonds. The van der Waals surface area contributed by atoms with Crippen molar-refractivity contribution in [2.24, 2.45) is 0 Å². The van der Waals surface area contributed by atoms with Crippen molar-refractivity contribution in [3.8, 4) is 11.5 Å². The van der Waals surface area contributed by atoms with Gasteiger partial charge in [0.15, 0.2) is 0 Å². The number of fused-ring (bicyclic) bond motifs is 4. The number of piperazine rings is 2. The molecule has 0 atom stereocenters. The summed E-state index contributed by atoms with van der Waals surface area (Å²) in [6.45, 7) is -4.05. The van der Waals surface area contributed by atoms with Gasteiger partial charge in [0, 0.05) is 130 Å². The van der Waals surface area contributed by atoms with Gasteiger partial charge in [0.05, 0.1) is 29.6 Å². The molecule has 2 fully saturated rings. The molecule has 10 rings (SSSR count). The van der Waals surface area contributed by atoms with Gasteiger partial charge >= 0.3 is 103 Å². The average molecular weight is 1140 g/mol. The molecule has 362 valence electrons. The minimum atomic E-state index is -3.41. The van der Waals surface area contributed by atoms with E-state index < -0.39 is 50.4 Å². The van der Waals surface area contributed by atoms with E-state index in [4.69, 9.17) is 41.5 Å². The Kier molecular flexibility index (Phi) is 18.9. The standard InChI is InChI=1S/C25H27N3O2S.C13H14BrNO2.C12H14N2S.CH2O3.ClH.2K.H/c29-25-9-7-19-6-8-20(18-22(19)26-25)30-16-2-1-11-27-12-14-28(15-13-27)23-4-3-5-24-21(23)10-17-31-24;14-7-1-2-8-17-11-5-3-10-4-6-13(16)15-12(10)9-11;1-2-11(14-7-5-13-6-8-14)10-4-9-15-12(10)3-1;2-1-4-3;;;;/h3-10,17-18H,1-2,11-16H2,(H,26,29);3-6,9H,1-2,7-8H2,(H,15,16);1-4,9,13H,5-8H2;1,3H;1H;;;/q;;;;;2*+1;-1/p-1/i1D2,2D2,11D2,16D2;1D2,2D2,7D2,8D2;;;;;;. The molecule has 8 aromatic rings. The van der Waals surface area contributed by atoms with Gasteiger partial charge in [-0.3, -0.25) is 19.3 Å². The van der Waals surface area contributed by atoms with Gasteiger partial charge in [-0.2, -0.15) is 0 Å². The first kappa shape index (κ1) is 40.2. The maximum Gasteiger partial charge on any atom is 1.00 e. The Balaban J connectivity index is 0.000000353. The fourth-order valence-corrected chi connectivity index (χ4v) is 8.92. The van der Waals surface area contributed by atoms with Crippen LogP contribution in [-0.4, -0.2) is 98.6 Å². The molecule has 3 N–H and O–H groups in total. The number of aromatic amines is 2. The quantitative estimate of drug-likeness (QED) is 0.0484. The molecule has 2 aliphatic rings. The first-order valence-electron chi connectivity index (χ1n) is 28.7. The average Bonchev–Trinajstić information content (AvgIpc) is 2.97. The molecule has 0 unspecified atom stereocenters. The zero-order valence-electron chi connectivity index (χ0n) is 55.1. The van der Waals surface area contributed by atoms with E-state index in [1.165, 1.54) is 63.1 Å². The molecular weight excluding hydrogens is 1070 g/mol. The van der Waals surface area contributed by atoms with Gasteiger partial charge in [-0.1, -0.05) is 28.1 Å². The van der Waals surface area contributed by atoms with Crippen LogP contribution in [0.3, 0.4) is 0 Å². The molecule has 4 aromatic carbocycles. The Labute approximate surface area is 539 Å². The minimum absolute atomic E-state index is 0. The number of alkyl halides is 1. The third-order valence-corrected chi connectivity index (χ3v) is 12.2. The fourth-order valence-electron chi connectivity index (χ4n) is 7.21. The normalized spacial score (nSPS) is 18.3. The van der Waals surface area contributed by atoms with Crippen molar-refractivity contribution in [3.63, 3.8) is 0 Å². The predicted octanol–water partition coefficient (Wildman–Crippen LogP) is 3.09. The minimum Gasteiger partial charge on any atom is -1.00 e. The number of anilines is 2. The van der Waals surface area contributed by atoms with E-state index >= 15 is 0 Å². The van der Waals surface area contributed by atoms with Crippen molar-refractivity contribution in [2.75, 3.05) is 87.1 Å². The number of H-pyrrole nitrogens is 2. The number of carbonyl (C=O) groups excluding carboxylic acids is 1. The summed E-state index contributed by atoms with van der Waals surface area (Å²) in [7, 11) is 0.